The molecule has 1 aromatic heterocycles. The van der Waals surface area contributed by atoms with Crippen LogP contribution in [0.5, 0.6) is 0 Å². The van der Waals surface area contributed by atoms with Crippen LogP contribution >= 0.6 is 11.6 Å². The average Bonchev–Trinajstić information content (AvgIpc) is 3.28. The second-order valence-electron chi connectivity index (χ2n) is 7.24. The summed E-state index contributed by atoms with van der Waals surface area (Å²) < 4.78 is 0. The minimum atomic E-state index is 0.374. The van der Waals surface area contributed by atoms with E-state index in [2.05, 4.69) is 27.3 Å². The van der Waals surface area contributed by atoms with Gasteiger partial charge >= 0.3 is 0 Å². The van der Waals surface area contributed by atoms with Crippen molar-refractivity contribution >= 4 is 11.6 Å². The van der Waals surface area contributed by atoms with E-state index in [1.165, 1.54) is 12.0 Å². The largest absolute Gasteiger partial charge is 0.326 e. The van der Waals surface area contributed by atoms with Gasteiger partial charge in [0.05, 0.1) is 5.69 Å². The highest BCUT2D eigenvalue weighted by Gasteiger charge is 2.38. The van der Waals surface area contributed by atoms with Crippen molar-refractivity contribution in [3.05, 3.63) is 53.2 Å². The van der Waals surface area contributed by atoms with E-state index >= 15 is 0 Å². The number of pyridine rings is 1. The topological polar surface area (TPSA) is 54.2 Å². The monoisotopic (exact) mass is 356 g/mol. The smallest absolute Gasteiger partial charge is 0.0702 e. The molecule has 1 saturated carbocycles. The maximum Gasteiger partial charge on any atom is 0.0702 e. The molecule has 5 heteroatoms. The van der Waals surface area contributed by atoms with Gasteiger partial charge in [-0.15, -0.1) is 0 Å². The van der Waals surface area contributed by atoms with Crippen LogP contribution in [0, 0.1) is 0 Å². The first-order valence-corrected chi connectivity index (χ1v) is 9.50. The third-order valence-electron chi connectivity index (χ3n) is 5.29. The molecule has 2 aromatic rings. The molecule has 0 radical (unpaired) electrons. The Morgan fingerprint density at radius 1 is 1.20 bits per heavy atom. The van der Waals surface area contributed by atoms with Gasteiger partial charge in [-0.3, -0.25) is 4.98 Å². The zero-order valence-corrected chi connectivity index (χ0v) is 15.1. The van der Waals surface area contributed by atoms with E-state index in [0.29, 0.717) is 18.0 Å². The molecule has 1 aromatic carbocycles. The molecule has 0 amide bonds. The Morgan fingerprint density at radius 2 is 2.04 bits per heavy atom. The Balaban J connectivity index is 1.26. The highest BCUT2D eigenvalue weighted by molar-refractivity contribution is 6.30. The Hall–Kier alpha value is -1.46. The summed E-state index contributed by atoms with van der Waals surface area (Å²) in [7, 11) is 0. The molecule has 2 heterocycles. The average molecular weight is 357 g/mol. The number of nitrogens with one attached hydrogen (secondary N) is 1. The van der Waals surface area contributed by atoms with Crippen LogP contribution < -0.4 is 11.1 Å². The number of hydrogen-bond acceptors (Lipinski definition) is 4. The summed E-state index contributed by atoms with van der Waals surface area (Å²) in [5.74, 6) is 0.604. The number of halogens is 1. The molecular formula is C20H25ClN4. The van der Waals surface area contributed by atoms with Crippen molar-refractivity contribution in [1.29, 1.82) is 0 Å². The maximum atomic E-state index is 5.95. The van der Waals surface area contributed by atoms with Crippen molar-refractivity contribution in [1.82, 2.24) is 15.2 Å². The van der Waals surface area contributed by atoms with E-state index in [1.807, 2.05) is 30.5 Å². The first kappa shape index (κ1) is 17.0. The normalized spacial score (nSPS) is 26.1. The first-order chi connectivity index (χ1) is 12.2. The summed E-state index contributed by atoms with van der Waals surface area (Å²) in [6.45, 7) is 4.34. The quantitative estimate of drug-likeness (QED) is 0.835. The van der Waals surface area contributed by atoms with Crippen LogP contribution in [0.4, 0.5) is 0 Å². The molecule has 2 unspecified atom stereocenters. The number of aromatic nitrogens is 1. The van der Waals surface area contributed by atoms with Crippen LogP contribution in [0.2, 0.25) is 5.02 Å². The molecule has 25 heavy (non-hydrogen) atoms. The van der Waals surface area contributed by atoms with E-state index in [1.54, 1.807) is 0 Å². The zero-order valence-electron chi connectivity index (χ0n) is 14.4. The molecule has 3 atom stereocenters. The van der Waals surface area contributed by atoms with Gasteiger partial charge < -0.3 is 16.0 Å². The molecule has 132 valence electrons. The van der Waals surface area contributed by atoms with Crippen LogP contribution in [0.3, 0.4) is 0 Å². The van der Waals surface area contributed by atoms with Gasteiger partial charge in [-0.25, -0.2) is 0 Å². The van der Waals surface area contributed by atoms with E-state index < -0.39 is 0 Å². The van der Waals surface area contributed by atoms with Gasteiger partial charge in [0.25, 0.3) is 0 Å². The van der Waals surface area contributed by atoms with Crippen molar-refractivity contribution in [2.75, 3.05) is 26.2 Å². The van der Waals surface area contributed by atoms with Crippen molar-refractivity contribution in [3.8, 4) is 11.3 Å². The zero-order chi connectivity index (χ0) is 17.2. The summed E-state index contributed by atoms with van der Waals surface area (Å²) in [5.41, 5.74) is 9.38. The van der Waals surface area contributed by atoms with Gasteiger partial charge in [0, 0.05) is 54.4 Å². The van der Waals surface area contributed by atoms with E-state index in [-0.39, 0.29) is 0 Å². The van der Waals surface area contributed by atoms with Crippen molar-refractivity contribution in [3.63, 3.8) is 0 Å². The number of likely N-dealkylation sites (tertiary alicyclic amines) is 1. The maximum absolute atomic E-state index is 5.95. The minimum absolute atomic E-state index is 0.374. The highest BCUT2D eigenvalue weighted by atomic mass is 35.5. The second kappa shape index (κ2) is 7.42. The lowest BCUT2D eigenvalue weighted by Gasteiger charge is -2.15. The molecule has 0 spiro atoms. The highest BCUT2D eigenvalue weighted by Crippen LogP contribution is 2.40. The number of hydrogen-bond donors (Lipinski definition) is 2. The van der Waals surface area contributed by atoms with Crippen LogP contribution in [-0.2, 0) is 0 Å². The molecule has 2 fully saturated rings. The van der Waals surface area contributed by atoms with E-state index in [4.69, 9.17) is 17.3 Å². The molecule has 1 aliphatic carbocycles. The predicted molar refractivity (Wildman–Crippen MR) is 103 cm³/mol. The van der Waals surface area contributed by atoms with Gasteiger partial charge in [-0.1, -0.05) is 29.8 Å². The van der Waals surface area contributed by atoms with Gasteiger partial charge in [0.1, 0.15) is 0 Å². The van der Waals surface area contributed by atoms with Crippen LogP contribution in [0.1, 0.15) is 24.3 Å². The SMILES string of the molecule is N[C@@H]1CCN(CCNC2CC2c2ccc(-c3ccc(Cl)cc3)nc2)C1. The summed E-state index contributed by atoms with van der Waals surface area (Å²) in [4.78, 5) is 7.09. The third kappa shape index (κ3) is 4.21. The van der Waals surface area contributed by atoms with Gasteiger partial charge in [-0.05, 0) is 43.1 Å². The van der Waals surface area contributed by atoms with Gasteiger partial charge in [0.2, 0.25) is 0 Å². The van der Waals surface area contributed by atoms with Crippen molar-refractivity contribution in [2.45, 2.75) is 30.8 Å². The molecule has 0 bridgehead atoms. The minimum Gasteiger partial charge on any atom is -0.326 e. The summed E-state index contributed by atoms with van der Waals surface area (Å²) in [6, 6.07) is 13.1. The number of rotatable bonds is 6. The Bertz CT molecular complexity index is 701. The number of nitrogens with two attached hydrogens (primary N) is 1. The summed E-state index contributed by atoms with van der Waals surface area (Å²) >= 11 is 5.94. The predicted octanol–water partition coefficient (Wildman–Crippen LogP) is 2.88. The molecule has 1 saturated heterocycles. The Labute approximate surface area is 154 Å². The van der Waals surface area contributed by atoms with E-state index in [9.17, 15) is 0 Å². The van der Waals surface area contributed by atoms with Crippen LogP contribution in [-0.4, -0.2) is 48.1 Å². The fourth-order valence-electron chi connectivity index (χ4n) is 3.68. The summed E-state index contributed by atoms with van der Waals surface area (Å²) in [5, 5.41) is 4.43. The fraction of sp³-hybridized carbons (Fsp3) is 0.450. The molecule has 3 N–H and O–H groups in total. The number of benzene rings is 1. The Kier molecular flexibility index (Phi) is 5.04. The second-order valence-corrected chi connectivity index (χ2v) is 7.67. The lowest BCUT2D eigenvalue weighted by molar-refractivity contribution is 0.331. The lowest BCUT2D eigenvalue weighted by Crippen LogP contribution is -2.33. The molecule has 4 nitrogen and oxygen atoms in total. The molecule has 1 aliphatic heterocycles. The van der Waals surface area contributed by atoms with Crippen LogP contribution in [0.15, 0.2) is 42.6 Å². The van der Waals surface area contributed by atoms with Crippen molar-refractivity contribution < 1.29 is 0 Å². The van der Waals surface area contributed by atoms with Gasteiger partial charge in [0.15, 0.2) is 0 Å². The van der Waals surface area contributed by atoms with E-state index in [0.717, 1.165) is 48.9 Å². The van der Waals surface area contributed by atoms with Crippen LogP contribution in [0.25, 0.3) is 11.3 Å². The lowest BCUT2D eigenvalue weighted by atomic mass is 10.1. The van der Waals surface area contributed by atoms with Crippen molar-refractivity contribution in [2.24, 2.45) is 5.73 Å². The first-order valence-electron chi connectivity index (χ1n) is 9.12. The molecule has 2 aliphatic rings. The molecular weight excluding hydrogens is 332 g/mol. The van der Waals surface area contributed by atoms with Gasteiger partial charge in [-0.2, -0.15) is 0 Å². The fourth-order valence-corrected chi connectivity index (χ4v) is 3.80. The third-order valence-corrected chi connectivity index (χ3v) is 5.54. The molecule has 4 rings (SSSR count). The Morgan fingerprint density at radius 3 is 2.72 bits per heavy atom. The number of nitrogens with zero attached hydrogens (tertiary/aromatic N) is 2. The summed E-state index contributed by atoms with van der Waals surface area (Å²) in [6.07, 6.45) is 4.37. The standard InChI is InChI=1S/C20H25ClN4/c21-16-4-1-14(2-5-16)19-6-3-15(12-24-19)18-11-20(18)23-8-10-25-9-7-17(22)13-25/h1-6,12,17-18,20,23H,7-11,13,22H2/t17-,18?,20?/m1/s1.